The molecular weight excluding hydrogens is 150 g/mol. The van der Waals surface area contributed by atoms with Gasteiger partial charge in [-0.1, -0.05) is 12.8 Å². The van der Waals surface area contributed by atoms with Crippen LogP contribution < -0.4 is 5.32 Å². The van der Waals surface area contributed by atoms with Gasteiger partial charge in [0.2, 0.25) is 0 Å². The Balaban J connectivity index is 2.42. The highest BCUT2D eigenvalue weighted by Gasteiger charge is 2.27. The van der Waals surface area contributed by atoms with E-state index in [4.69, 9.17) is 4.74 Å². The normalized spacial score (nSPS) is 24.2. The van der Waals surface area contributed by atoms with Gasteiger partial charge in [-0.15, -0.1) is 0 Å². The summed E-state index contributed by atoms with van der Waals surface area (Å²) in [5.41, 5.74) is 0. The second kappa shape index (κ2) is 4.83. The van der Waals surface area contributed by atoms with E-state index >= 15 is 0 Å². The second-order valence-electron chi connectivity index (χ2n) is 3.80. The third-order valence-corrected chi connectivity index (χ3v) is 3.12. The van der Waals surface area contributed by atoms with Crippen molar-refractivity contribution in [1.82, 2.24) is 5.32 Å². The van der Waals surface area contributed by atoms with E-state index in [-0.39, 0.29) is 0 Å². The Bertz CT molecular complexity index is 121. The Labute approximate surface area is 75.7 Å². The lowest BCUT2D eigenvalue weighted by atomic mass is 9.94. The predicted octanol–water partition coefficient (Wildman–Crippen LogP) is 1.80. The molecule has 0 radical (unpaired) electrons. The Morgan fingerprint density at radius 2 is 1.92 bits per heavy atom. The zero-order chi connectivity index (χ0) is 8.97. The minimum absolute atomic E-state index is 0.345. The maximum absolute atomic E-state index is 5.35. The molecule has 12 heavy (non-hydrogen) atoms. The van der Waals surface area contributed by atoms with Gasteiger partial charge >= 0.3 is 0 Å². The summed E-state index contributed by atoms with van der Waals surface area (Å²) in [5, 5.41) is 3.37. The molecule has 0 aromatic rings. The van der Waals surface area contributed by atoms with E-state index in [0.717, 1.165) is 5.92 Å². The molecule has 0 spiro atoms. The van der Waals surface area contributed by atoms with Crippen LogP contribution in [0.25, 0.3) is 0 Å². The van der Waals surface area contributed by atoms with Crippen molar-refractivity contribution in [3.8, 4) is 0 Å². The van der Waals surface area contributed by atoms with E-state index in [1.165, 1.54) is 25.7 Å². The second-order valence-corrected chi connectivity index (χ2v) is 3.80. The molecule has 0 amide bonds. The van der Waals surface area contributed by atoms with Gasteiger partial charge in [-0.2, -0.15) is 0 Å². The molecule has 2 nitrogen and oxygen atoms in total. The highest BCUT2D eigenvalue weighted by Crippen LogP contribution is 2.29. The van der Waals surface area contributed by atoms with Crippen molar-refractivity contribution in [2.75, 3.05) is 14.2 Å². The molecule has 72 valence electrons. The van der Waals surface area contributed by atoms with Gasteiger partial charge in [0.1, 0.15) is 0 Å². The molecule has 0 aromatic carbocycles. The fourth-order valence-electron chi connectivity index (χ4n) is 2.32. The van der Waals surface area contributed by atoms with Crippen LogP contribution in [-0.2, 0) is 4.74 Å². The Kier molecular flexibility index (Phi) is 4.02. The van der Waals surface area contributed by atoms with Gasteiger partial charge in [0.15, 0.2) is 0 Å². The molecule has 1 fully saturated rings. The van der Waals surface area contributed by atoms with Crippen molar-refractivity contribution < 1.29 is 4.74 Å². The van der Waals surface area contributed by atoms with Gasteiger partial charge in [-0.25, -0.2) is 0 Å². The van der Waals surface area contributed by atoms with Crippen molar-refractivity contribution in [3.05, 3.63) is 0 Å². The fourth-order valence-corrected chi connectivity index (χ4v) is 2.32. The SMILES string of the molecule is CNC(C1CCCC1)C(C)OC. The van der Waals surface area contributed by atoms with Crippen molar-refractivity contribution in [1.29, 1.82) is 0 Å². The summed E-state index contributed by atoms with van der Waals surface area (Å²) in [7, 11) is 3.84. The molecule has 2 heteroatoms. The molecule has 0 aromatic heterocycles. The summed E-state index contributed by atoms with van der Waals surface area (Å²) < 4.78 is 5.35. The van der Waals surface area contributed by atoms with Gasteiger partial charge in [0.25, 0.3) is 0 Å². The number of rotatable bonds is 4. The molecule has 0 saturated heterocycles. The van der Waals surface area contributed by atoms with Crippen LogP contribution in [-0.4, -0.2) is 26.3 Å². The van der Waals surface area contributed by atoms with E-state index in [2.05, 4.69) is 12.2 Å². The zero-order valence-electron chi connectivity index (χ0n) is 8.47. The first-order valence-corrected chi connectivity index (χ1v) is 4.99. The molecule has 0 heterocycles. The van der Waals surface area contributed by atoms with E-state index in [1.807, 2.05) is 7.05 Å². The van der Waals surface area contributed by atoms with Crippen molar-refractivity contribution in [3.63, 3.8) is 0 Å². The summed E-state index contributed by atoms with van der Waals surface area (Å²) in [6, 6.07) is 0.553. The lowest BCUT2D eigenvalue weighted by Crippen LogP contribution is -2.42. The van der Waals surface area contributed by atoms with Crippen LogP contribution in [0.1, 0.15) is 32.6 Å². The molecular formula is C10H21NO. The number of nitrogens with one attached hydrogen (secondary N) is 1. The predicted molar refractivity (Wildman–Crippen MR) is 51.3 cm³/mol. The molecule has 2 unspecified atom stereocenters. The van der Waals surface area contributed by atoms with E-state index in [0.29, 0.717) is 12.1 Å². The number of likely N-dealkylation sites (N-methyl/N-ethyl adjacent to an activating group) is 1. The topological polar surface area (TPSA) is 21.3 Å². The minimum Gasteiger partial charge on any atom is -0.380 e. The Morgan fingerprint density at radius 3 is 2.33 bits per heavy atom. The third-order valence-electron chi connectivity index (χ3n) is 3.12. The Hall–Kier alpha value is -0.0800. The first kappa shape index (κ1) is 10.0. The number of hydrogen-bond acceptors (Lipinski definition) is 2. The lowest BCUT2D eigenvalue weighted by molar-refractivity contribution is 0.0649. The largest absolute Gasteiger partial charge is 0.380 e. The maximum Gasteiger partial charge on any atom is 0.0698 e. The minimum atomic E-state index is 0.345. The summed E-state index contributed by atoms with van der Waals surface area (Å²) in [5.74, 6) is 0.838. The average molecular weight is 171 g/mol. The highest BCUT2D eigenvalue weighted by atomic mass is 16.5. The monoisotopic (exact) mass is 171 g/mol. The molecule has 1 aliphatic carbocycles. The van der Waals surface area contributed by atoms with Crippen LogP contribution in [0.4, 0.5) is 0 Å². The Morgan fingerprint density at radius 1 is 1.33 bits per heavy atom. The highest BCUT2D eigenvalue weighted by molar-refractivity contribution is 4.83. The van der Waals surface area contributed by atoms with Crippen molar-refractivity contribution in [2.24, 2.45) is 5.92 Å². The summed E-state index contributed by atoms with van der Waals surface area (Å²) >= 11 is 0. The van der Waals surface area contributed by atoms with Gasteiger partial charge in [-0.05, 0) is 32.7 Å². The van der Waals surface area contributed by atoms with E-state index in [9.17, 15) is 0 Å². The van der Waals surface area contributed by atoms with Gasteiger partial charge in [0.05, 0.1) is 6.10 Å². The van der Waals surface area contributed by atoms with Gasteiger partial charge < -0.3 is 10.1 Å². The summed E-state index contributed by atoms with van der Waals surface area (Å²) in [6.45, 7) is 2.15. The smallest absolute Gasteiger partial charge is 0.0698 e. The van der Waals surface area contributed by atoms with Gasteiger partial charge in [-0.3, -0.25) is 0 Å². The first-order valence-electron chi connectivity index (χ1n) is 4.99. The molecule has 1 saturated carbocycles. The third kappa shape index (κ3) is 2.20. The van der Waals surface area contributed by atoms with Gasteiger partial charge in [0, 0.05) is 13.2 Å². The van der Waals surface area contributed by atoms with E-state index < -0.39 is 0 Å². The number of methoxy groups -OCH3 is 1. The van der Waals surface area contributed by atoms with Crippen LogP contribution >= 0.6 is 0 Å². The van der Waals surface area contributed by atoms with Crippen LogP contribution in [0.15, 0.2) is 0 Å². The van der Waals surface area contributed by atoms with E-state index in [1.54, 1.807) is 7.11 Å². The van der Waals surface area contributed by atoms with Crippen LogP contribution in [0.3, 0.4) is 0 Å². The number of ether oxygens (including phenoxy) is 1. The number of hydrogen-bond donors (Lipinski definition) is 1. The summed E-state index contributed by atoms with van der Waals surface area (Å²) in [6.07, 6.45) is 5.90. The molecule has 1 rings (SSSR count). The van der Waals surface area contributed by atoms with Crippen LogP contribution in [0.2, 0.25) is 0 Å². The van der Waals surface area contributed by atoms with Crippen LogP contribution in [0, 0.1) is 5.92 Å². The zero-order valence-corrected chi connectivity index (χ0v) is 8.47. The van der Waals surface area contributed by atoms with Crippen LogP contribution in [0.5, 0.6) is 0 Å². The maximum atomic E-state index is 5.35. The molecule has 0 bridgehead atoms. The summed E-state index contributed by atoms with van der Waals surface area (Å²) in [4.78, 5) is 0. The first-order chi connectivity index (χ1) is 5.79. The molecule has 0 aliphatic heterocycles. The standard InChI is InChI=1S/C10H21NO/c1-8(12-3)10(11-2)9-6-4-5-7-9/h8-11H,4-7H2,1-3H3. The molecule has 1 N–H and O–H groups in total. The molecule has 1 aliphatic rings. The quantitative estimate of drug-likeness (QED) is 0.696. The fraction of sp³-hybridized carbons (Fsp3) is 1.00. The van der Waals surface area contributed by atoms with Crippen molar-refractivity contribution in [2.45, 2.75) is 44.8 Å². The van der Waals surface area contributed by atoms with Crippen molar-refractivity contribution >= 4 is 0 Å². The average Bonchev–Trinajstić information content (AvgIpc) is 2.58. The molecule has 2 atom stereocenters. The lowest BCUT2D eigenvalue weighted by Gasteiger charge is -2.27.